The predicted octanol–water partition coefficient (Wildman–Crippen LogP) is 6.31. The van der Waals surface area contributed by atoms with Gasteiger partial charge in [-0.05, 0) is 13.8 Å². The fourth-order valence-electron chi connectivity index (χ4n) is 0.971. The Hall–Kier alpha value is -0.780. The second-order valence-corrected chi connectivity index (χ2v) is 3.65. The number of allylic oxidation sites excluding steroid dienone is 3. The Morgan fingerprint density at radius 3 is 1.44 bits per heavy atom. The summed E-state index contributed by atoms with van der Waals surface area (Å²) in [6.07, 6.45) is 12.3. The van der Waals surface area contributed by atoms with Gasteiger partial charge in [-0.3, -0.25) is 0 Å². The maximum atomic E-state index is 3.56. The molecule has 0 nitrogen and oxygen atoms in total. The van der Waals surface area contributed by atoms with E-state index < -0.39 is 0 Å². The first-order valence-electron chi connectivity index (χ1n) is 6.48. The number of rotatable bonds is 6. The van der Waals surface area contributed by atoms with Crippen LogP contribution in [0.3, 0.4) is 0 Å². The van der Waals surface area contributed by atoms with Crippen LogP contribution in [-0.2, 0) is 0 Å². The summed E-state index contributed by atoms with van der Waals surface area (Å²) in [6, 6.07) is 0. The molecule has 96 valence electrons. The third-order valence-corrected chi connectivity index (χ3v) is 2.23. The highest BCUT2D eigenvalue weighted by Crippen LogP contribution is 2.03. The molecule has 0 spiro atoms. The van der Waals surface area contributed by atoms with Gasteiger partial charge < -0.3 is 0 Å². The molecule has 0 aliphatic carbocycles. The standard InChI is InChI=1S/C8H18.C6H10.C2H4/c1-3-5-7-8-6-4-2;1-4-6(3)5-2;1-2/h3-8H2,1-2H3;4-5H,1H2,2-3H3;1-2H2/b;6-5-;. The molecule has 0 fully saturated rings. The van der Waals surface area contributed by atoms with Gasteiger partial charge in [0.25, 0.3) is 0 Å². The SMILES string of the molecule is C=C.C=C/C(C)=C\C.CCCCCCCC. The van der Waals surface area contributed by atoms with Crippen molar-refractivity contribution in [2.24, 2.45) is 0 Å². The van der Waals surface area contributed by atoms with Crippen LogP contribution in [-0.4, -0.2) is 0 Å². The van der Waals surface area contributed by atoms with Gasteiger partial charge >= 0.3 is 0 Å². The Bertz CT molecular complexity index is 136. The van der Waals surface area contributed by atoms with Crippen LogP contribution in [0.2, 0.25) is 0 Å². The minimum atomic E-state index is 1.23. The van der Waals surface area contributed by atoms with Crippen LogP contribution in [0.4, 0.5) is 0 Å². The Labute approximate surface area is 104 Å². The summed E-state index contributed by atoms with van der Waals surface area (Å²) in [7, 11) is 0. The molecule has 0 atom stereocenters. The lowest BCUT2D eigenvalue weighted by Crippen LogP contribution is -1.73. The molecule has 0 bridgehead atoms. The molecule has 0 saturated heterocycles. The molecule has 0 rings (SSSR count). The Morgan fingerprint density at radius 1 is 0.938 bits per heavy atom. The lowest BCUT2D eigenvalue weighted by molar-refractivity contribution is 0.624. The van der Waals surface area contributed by atoms with E-state index in [-0.39, 0.29) is 0 Å². The maximum absolute atomic E-state index is 3.56. The van der Waals surface area contributed by atoms with Crippen molar-refractivity contribution < 1.29 is 0 Å². The van der Waals surface area contributed by atoms with Crippen LogP contribution in [0.25, 0.3) is 0 Å². The van der Waals surface area contributed by atoms with Gasteiger partial charge in [0.2, 0.25) is 0 Å². The van der Waals surface area contributed by atoms with Crippen molar-refractivity contribution in [2.75, 3.05) is 0 Å². The van der Waals surface area contributed by atoms with Gasteiger partial charge in [0.15, 0.2) is 0 Å². The molecule has 0 aliphatic heterocycles. The van der Waals surface area contributed by atoms with Crippen molar-refractivity contribution >= 4 is 0 Å². The van der Waals surface area contributed by atoms with E-state index in [2.05, 4.69) is 33.6 Å². The zero-order valence-electron chi connectivity index (χ0n) is 12.0. The van der Waals surface area contributed by atoms with Crippen LogP contribution in [0.15, 0.2) is 37.5 Å². The van der Waals surface area contributed by atoms with Gasteiger partial charge in [-0.15, -0.1) is 13.2 Å². The predicted molar refractivity (Wildman–Crippen MR) is 79.9 cm³/mol. The van der Waals surface area contributed by atoms with E-state index in [1.54, 1.807) is 0 Å². The summed E-state index contributed by atoms with van der Waals surface area (Å²) < 4.78 is 0. The number of hydrogen-bond donors (Lipinski definition) is 0. The Morgan fingerprint density at radius 2 is 1.31 bits per heavy atom. The highest BCUT2D eigenvalue weighted by atomic mass is 13.9. The molecule has 0 saturated carbocycles. The van der Waals surface area contributed by atoms with Crippen molar-refractivity contribution in [1.82, 2.24) is 0 Å². The largest absolute Gasteiger partial charge is 0.106 e. The number of unbranched alkanes of at least 4 members (excludes halogenated alkanes) is 5. The van der Waals surface area contributed by atoms with Crippen molar-refractivity contribution in [3.05, 3.63) is 37.5 Å². The molecule has 0 heteroatoms. The second-order valence-electron chi connectivity index (χ2n) is 3.65. The van der Waals surface area contributed by atoms with Gasteiger partial charge in [0.1, 0.15) is 0 Å². The smallest absolute Gasteiger partial charge is 0.0401 e. The third kappa shape index (κ3) is 29.2. The number of hydrogen-bond acceptors (Lipinski definition) is 0. The molecule has 0 aromatic heterocycles. The fraction of sp³-hybridized carbons (Fsp3) is 0.625. The average Bonchev–Trinajstić information content (AvgIpc) is 2.37. The first-order valence-corrected chi connectivity index (χ1v) is 6.48. The van der Waals surface area contributed by atoms with Crippen LogP contribution in [0.5, 0.6) is 0 Å². The van der Waals surface area contributed by atoms with Crippen molar-refractivity contribution in [3.63, 3.8) is 0 Å². The first-order chi connectivity index (χ1) is 7.72. The van der Waals surface area contributed by atoms with Gasteiger partial charge in [-0.2, -0.15) is 0 Å². The topological polar surface area (TPSA) is 0 Å². The summed E-state index contributed by atoms with van der Waals surface area (Å²) in [6.45, 7) is 18.1. The lowest BCUT2D eigenvalue weighted by Gasteiger charge is -1.93. The molecule has 0 aromatic rings. The minimum absolute atomic E-state index is 1.23. The highest BCUT2D eigenvalue weighted by Gasteiger charge is 1.83. The van der Waals surface area contributed by atoms with Crippen LogP contribution < -0.4 is 0 Å². The zero-order chi connectivity index (χ0) is 13.2. The summed E-state index contributed by atoms with van der Waals surface area (Å²) in [5.41, 5.74) is 1.23. The van der Waals surface area contributed by atoms with Gasteiger partial charge in [0, 0.05) is 0 Å². The Kier molecular flexibility index (Phi) is 30.6. The van der Waals surface area contributed by atoms with Crippen molar-refractivity contribution in [2.45, 2.75) is 66.2 Å². The minimum Gasteiger partial charge on any atom is -0.106 e. The van der Waals surface area contributed by atoms with Gasteiger partial charge in [-0.1, -0.05) is 76.7 Å². The van der Waals surface area contributed by atoms with Gasteiger partial charge in [-0.25, -0.2) is 0 Å². The van der Waals surface area contributed by atoms with E-state index in [1.165, 1.54) is 44.1 Å². The van der Waals surface area contributed by atoms with Crippen molar-refractivity contribution in [3.8, 4) is 0 Å². The van der Waals surface area contributed by atoms with E-state index in [4.69, 9.17) is 0 Å². The van der Waals surface area contributed by atoms with E-state index in [9.17, 15) is 0 Å². The van der Waals surface area contributed by atoms with Crippen molar-refractivity contribution in [1.29, 1.82) is 0 Å². The van der Waals surface area contributed by atoms with Crippen LogP contribution in [0, 0.1) is 0 Å². The fourth-order valence-corrected chi connectivity index (χ4v) is 0.971. The summed E-state index contributed by atoms with van der Waals surface area (Å²) in [4.78, 5) is 0. The van der Waals surface area contributed by atoms with E-state index >= 15 is 0 Å². The highest BCUT2D eigenvalue weighted by molar-refractivity contribution is 5.10. The lowest BCUT2D eigenvalue weighted by atomic mass is 10.1. The zero-order valence-corrected chi connectivity index (χ0v) is 12.0. The molecule has 0 amide bonds. The molecule has 0 aromatic carbocycles. The van der Waals surface area contributed by atoms with Crippen LogP contribution in [0.1, 0.15) is 66.2 Å². The normalized spacial score (nSPS) is 9.38. The quantitative estimate of drug-likeness (QED) is 0.282. The van der Waals surface area contributed by atoms with E-state index in [1.807, 2.05) is 26.0 Å². The molecule has 0 aliphatic rings. The molecule has 0 radical (unpaired) electrons. The molecular formula is C16H32. The summed E-state index contributed by atoms with van der Waals surface area (Å²) in [5.74, 6) is 0. The monoisotopic (exact) mass is 224 g/mol. The summed E-state index contributed by atoms with van der Waals surface area (Å²) in [5, 5.41) is 0. The van der Waals surface area contributed by atoms with E-state index in [0.717, 1.165) is 0 Å². The van der Waals surface area contributed by atoms with Crippen LogP contribution >= 0.6 is 0 Å². The van der Waals surface area contributed by atoms with E-state index in [0.29, 0.717) is 0 Å². The third-order valence-electron chi connectivity index (χ3n) is 2.23. The molecular weight excluding hydrogens is 192 g/mol. The maximum Gasteiger partial charge on any atom is -0.0401 e. The second kappa shape index (κ2) is 23.8. The Balaban J connectivity index is -0.000000188. The molecule has 0 unspecified atom stereocenters. The molecule has 16 heavy (non-hydrogen) atoms. The average molecular weight is 224 g/mol. The first kappa shape index (κ1) is 20.6. The van der Waals surface area contributed by atoms with Gasteiger partial charge in [0.05, 0.1) is 0 Å². The molecule has 0 heterocycles. The molecule has 0 N–H and O–H groups in total. The summed E-state index contributed by atoms with van der Waals surface area (Å²) >= 11 is 0.